The van der Waals surface area contributed by atoms with E-state index in [1.807, 2.05) is 0 Å². The van der Waals surface area contributed by atoms with E-state index in [1.165, 1.54) is 10.8 Å². The van der Waals surface area contributed by atoms with Crippen LogP contribution in [0, 0.1) is 0 Å². The number of benzene rings is 1. The molecule has 0 unspecified atom stereocenters. The molecule has 3 rings (SSSR count). The molecule has 0 N–H and O–H groups in total. The Hall–Kier alpha value is -2.08. The molecule has 0 bridgehead atoms. The second kappa shape index (κ2) is 3.71. The first-order valence-electron chi connectivity index (χ1n) is 5.68. The summed E-state index contributed by atoms with van der Waals surface area (Å²) in [5.41, 5.74) is 1.14. The minimum atomic E-state index is -3.26. The van der Waals surface area contributed by atoms with Crippen LogP contribution in [0.15, 0.2) is 46.3 Å². The summed E-state index contributed by atoms with van der Waals surface area (Å²) in [7, 11) is -1.57. The molecule has 0 radical (unpaired) electrons. The number of hydrogen-bond acceptors (Lipinski definition) is 3. The van der Waals surface area contributed by atoms with E-state index in [0.29, 0.717) is 5.52 Å². The summed E-state index contributed by atoms with van der Waals surface area (Å²) in [5, 5.41) is 0.843. The minimum absolute atomic E-state index is 0.111. The Bertz CT molecular complexity index is 965. The van der Waals surface area contributed by atoms with Crippen LogP contribution in [0.3, 0.4) is 0 Å². The van der Waals surface area contributed by atoms with Crippen molar-refractivity contribution in [2.45, 2.75) is 4.90 Å². The number of aromatic nitrogens is 2. The van der Waals surface area contributed by atoms with Crippen LogP contribution in [0.5, 0.6) is 0 Å². The van der Waals surface area contributed by atoms with Crippen LogP contribution in [0.4, 0.5) is 0 Å². The van der Waals surface area contributed by atoms with Gasteiger partial charge in [-0.3, -0.25) is 4.79 Å². The van der Waals surface area contributed by atoms with E-state index >= 15 is 0 Å². The lowest BCUT2D eigenvalue weighted by Crippen LogP contribution is -2.17. The molecule has 98 valence electrons. The summed E-state index contributed by atoms with van der Waals surface area (Å²) in [4.78, 5) is 12.3. The summed E-state index contributed by atoms with van der Waals surface area (Å²) >= 11 is 0. The SMILES string of the molecule is Cn1ccn2c(cc3ccc(S(C)(=O)=O)cc32)c1=O. The Labute approximate surface area is 109 Å². The zero-order valence-electron chi connectivity index (χ0n) is 10.5. The van der Waals surface area contributed by atoms with Crippen molar-refractivity contribution < 1.29 is 8.42 Å². The molecular weight excluding hydrogens is 264 g/mol. The van der Waals surface area contributed by atoms with Gasteiger partial charge in [-0.15, -0.1) is 0 Å². The molecule has 0 aliphatic carbocycles. The molecule has 2 aromatic heterocycles. The van der Waals surface area contributed by atoms with Crippen molar-refractivity contribution in [1.29, 1.82) is 0 Å². The molecule has 0 amide bonds. The molecule has 0 saturated heterocycles. The van der Waals surface area contributed by atoms with Gasteiger partial charge in [-0.05, 0) is 18.2 Å². The number of sulfone groups is 1. The van der Waals surface area contributed by atoms with Crippen molar-refractivity contribution in [2.75, 3.05) is 6.26 Å². The Morgan fingerprint density at radius 3 is 2.47 bits per heavy atom. The maximum atomic E-state index is 12.0. The van der Waals surface area contributed by atoms with Gasteiger partial charge in [0.1, 0.15) is 5.52 Å². The van der Waals surface area contributed by atoms with Gasteiger partial charge in [-0.25, -0.2) is 8.42 Å². The predicted molar refractivity (Wildman–Crippen MR) is 73.3 cm³/mol. The normalized spacial score (nSPS) is 12.3. The number of rotatable bonds is 1. The highest BCUT2D eigenvalue weighted by Crippen LogP contribution is 2.21. The largest absolute Gasteiger partial charge is 0.315 e. The fourth-order valence-electron chi connectivity index (χ4n) is 2.17. The van der Waals surface area contributed by atoms with Crippen LogP contribution in [0.2, 0.25) is 0 Å². The van der Waals surface area contributed by atoms with E-state index < -0.39 is 9.84 Å². The van der Waals surface area contributed by atoms with E-state index in [1.54, 1.807) is 48.1 Å². The molecule has 0 aliphatic rings. The first-order chi connectivity index (χ1) is 8.88. The lowest BCUT2D eigenvalue weighted by Gasteiger charge is -2.01. The van der Waals surface area contributed by atoms with Gasteiger partial charge >= 0.3 is 0 Å². The van der Waals surface area contributed by atoms with Gasteiger partial charge in [0.15, 0.2) is 9.84 Å². The fourth-order valence-corrected chi connectivity index (χ4v) is 2.81. The molecule has 6 heteroatoms. The van der Waals surface area contributed by atoms with Crippen molar-refractivity contribution in [1.82, 2.24) is 8.97 Å². The maximum absolute atomic E-state index is 12.0. The predicted octanol–water partition coefficient (Wildman–Crippen LogP) is 1.19. The second-order valence-corrected chi connectivity index (χ2v) is 6.62. The average molecular weight is 276 g/mol. The number of aryl methyl sites for hydroxylation is 1. The third-order valence-corrected chi connectivity index (χ3v) is 4.33. The summed E-state index contributed by atoms with van der Waals surface area (Å²) in [5.74, 6) is 0. The Morgan fingerprint density at radius 2 is 1.79 bits per heavy atom. The van der Waals surface area contributed by atoms with Gasteiger partial charge in [-0.1, -0.05) is 6.07 Å². The third kappa shape index (κ3) is 1.76. The molecule has 3 aromatic rings. The van der Waals surface area contributed by atoms with Crippen LogP contribution in [-0.2, 0) is 16.9 Å². The molecule has 19 heavy (non-hydrogen) atoms. The van der Waals surface area contributed by atoms with E-state index in [9.17, 15) is 13.2 Å². The molecule has 5 nitrogen and oxygen atoms in total. The molecular formula is C13H12N2O3S. The van der Waals surface area contributed by atoms with Gasteiger partial charge < -0.3 is 8.97 Å². The van der Waals surface area contributed by atoms with Gasteiger partial charge in [0, 0.05) is 31.1 Å². The van der Waals surface area contributed by atoms with E-state index in [-0.39, 0.29) is 10.5 Å². The van der Waals surface area contributed by atoms with Crippen LogP contribution < -0.4 is 5.56 Å². The fraction of sp³-hybridized carbons (Fsp3) is 0.154. The summed E-state index contributed by atoms with van der Waals surface area (Å²) in [6.07, 6.45) is 4.58. The molecule has 2 heterocycles. The topological polar surface area (TPSA) is 60.6 Å². The number of hydrogen-bond donors (Lipinski definition) is 0. The van der Waals surface area contributed by atoms with Gasteiger partial charge in [0.25, 0.3) is 5.56 Å². The monoisotopic (exact) mass is 276 g/mol. The van der Waals surface area contributed by atoms with Crippen molar-refractivity contribution >= 4 is 26.3 Å². The number of nitrogens with zero attached hydrogens (tertiary/aromatic N) is 2. The summed E-state index contributed by atoms with van der Waals surface area (Å²) in [6, 6.07) is 6.64. The van der Waals surface area contributed by atoms with Crippen LogP contribution in [0.25, 0.3) is 16.4 Å². The second-order valence-electron chi connectivity index (χ2n) is 4.61. The summed E-state index contributed by atoms with van der Waals surface area (Å²) in [6.45, 7) is 0. The van der Waals surface area contributed by atoms with E-state index in [0.717, 1.165) is 10.9 Å². The van der Waals surface area contributed by atoms with Gasteiger partial charge in [0.05, 0.1) is 10.4 Å². The van der Waals surface area contributed by atoms with Crippen molar-refractivity contribution in [3.8, 4) is 0 Å². The standard InChI is InChI=1S/C13H12N2O3S/c1-14-5-6-15-11-8-10(19(2,17)18)4-3-9(11)7-12(15)13(14)16/h3-8H,1-2H3. The molecule has 0 atom stereocenters. The zero-order chi connectivity index (χ0) is 13.8. The zero-order valence-corrected chi connectivity index (χ0v) is 11.3. The molecule has 0 fully saturated rings. The van der Waals surface area contributed by atoms with Crippen molar-refractivity contribution in [3.63, 3.8) is 0 Å². The first kappa shape index (κ1) is 12.0. The highest BCUT2D eigenvalue weighted by atomic mass is 32.2. The maximum Gasteiger partial charge on any atom is 0.274 e. The minimum Gasteiger partial charge on any atom is -0.315 e. The van der Waals surface area contributed by atoms with Crippen LogP contribution in [0.1, 0.15) is 0 Å². The molecule has 0 saturated carbocycles. The molecule has 1 aromatic carbocycles. The van der Waals surface area contributed by atoms with Crippen LogP contribution in [-0.4, -0.2) is 23.6 Å². The Morgan fingerprint density at radius 1 is 1.05 bits per heavy atom. The van der Waals surface area contributed by atoms with Crippen molar-refractivity contribution in [2.24, 2.45) is 7.05 Å². The smallest absolute Gasteiger partial charge is 0.274 e. The highest BCUT2D eigenvalue weighted by Gasteiger charge is 2.11. The van der Waals surface area contributed by atoms with E-state index in [4.69, 9.17) is 0 Å². The Kier molecular flexibility index (Phi) is 2.34. The van der Waals surface area contributed by atoms with Gasteiger partial charge in [-0.2, -0.15) is 0 Å². The van der Waals surface area contributed by atoms with Gasteiger partial charge in [0.2, 0.25) is 0 Å². The molecule has 0 spiro atoms. The molecule has 0 aliphatic heterocycles. The van der Waals surface area contributed by atoms with Crippen molar-refractivity contribution in [3.05, 3.63) is 47.0 Å². The quantitative estimate of drug-likeness (QED) is 0.671. The average Bonchev–Trinajstić information content (AvgIpc) is 2.71. The lowest BCUT2D eigenvalue weighted by molar-refractivity contribution is 0.602. The first-order valence-corrected chi connectivity index (χ1v) is 7.57. The lowest BCUT2D eigenvalue weighted by atomic mass is 10.2. The highest BCUT2D eigenvalue weighted by molar-refractivity contribution is 7.90. The van der Waals surface area contributed by atoms with Crippen LogP contribution >= 0.6 is 0 Å². The number of fused-ring (bicyclic) bond motifs is 3. The van der Waals surface area contributed by atoms with E-state index in [2.05, 4.69) is 0 Å². The third-order valence-electron chi connectivity index (χ3n) is 3.22. The summed E-state index contributed by atoms with van der Waals surface area (Å²) < 4.78 is 26.4. The Balaban J connectivity index is 2.50.